The van der Waals surface area contributed by atoms with Gasteiger partial charge in [0.15, 0.2) is 4.87 Å². The summed E-state index contributed by atoms with van der Waals surface area (Å²) in [6.45, 7) is 0.919. The molecule has 172 valence electrons. The molecule has 2 aliphatic rings. The lowest BCUT2D eigenvalue weighted by atomic mass is 10.0. The molecule has 0 fully saturated rings. The van der Waals surface area contributed by atoms with E-state index in [0.29, 0.717) is 30.8 Å². The maximum atomic E-state index is 13.0. The van der Waals surface area contributed by atoms with E-state index in [1.54, 1.807) is 11.0 Å². The second-order valence-electron chi connectivity index (χ2n) is 8.31. The Morgan fingerprint density at radius 3 is 2.32 bits per heavy atom. The van der Waals surface area contributed by atoms with Crippen molar-refractivity contribution in [1.82, 2.24) is 10.2 Å². The Morgan fingerprint density at radius 1 is 0.941 bits per heavy atom. The van der Waals surface area contributed by atoms with Gasteiger partial charge in [-0.3, -0.25) is 4.79 Å². The van der Waals surface area contributed by atoms with Gasteiger partial charge >= 0.3 is 6.03 Å². The highest BCUT2D eigenvalue weighted by Crippen LogP contribution is 2.49. The first-order chi connectivity index (χ1) is 16.5. The molecule has 3 aromatic carbocycles. The number of urea groups is 1. The van der Waals surface area contributed by atoms with Crippen molar-refractivity contribution in [3.63, 3.8) is 0 Å². The molecule has 0 aliphatic carbocycles. The van der Waals surface area contributed by atoms with E-state index in [1.165, 1.54) is 11.8 Å². The van der Waals surface area contributed by atoms with Crippen LogP contribution in [-0.4, -0.2) is 29.9 Å². The van der Waals surface area contributed by atoms with Crippen LogP contribution in [0.3, 0.4) is 0 Å². The Balaban J connectivity index is 1.28. The largest absolute Gasteiger partial charge is 0.398 e. The molecule has 1 atom stereocenters. The van der Waals surface area contributed by atoms with Crippen LogP contribution in [0.15, 0.2) is 89.5 Å². The average molecular weight is 472 g/mol. The standard InChI is InChI=1S/C26H25N5O2S/c27-21-9-5-4-8-20(21)26(24(28)32)30-22-14-15-31(16-23(22)34-26)25(33)29-19-12-10-18(11-13-19)17-6-2-1-3-7-17/h1-13,30H,14-16,27H2,(H2,28,32)(H,29,33). The Kier molecular flexibility index (Phi) is 5.67. The van der Waals surface area contributed by atoms with E-state index in [1.807, 2.05) is 60.7 Å². The van der Waals surface area contributed by atoms with Gasteiger partial charge in [0, 0.05) is 40.5 Å². The number of primary amides is 1. The summed E-state index contributed by atoms with van der Waals surface area (Å²) in [5.74, 6) is -0.515. The smallest absolute Gasteiger partial charge is 0.322 e. The van der Waals surface area contributed by atoms with Crippen LogP contribution in [0.2, 0.25) is 0 Å². The molecular formula is C26H25N5O2S. The fourth-order valence-corrected chi connectivity index (χ4v) is 5.76. The molecule has 2 heterocycles. The molecule has 0 saturated carbocycles. The summed E-state index contributed by atoms with van der Waals surface area (Å²) in [4.78, 5) is 27.0. The molecule has 0 radical (unpaired) electrons. The number of carbonyl (C=O) groups is 2. The molecular weight excluding hydrogens is 446 g/mol. The Labute approximate surface area is 202 Å². The van der Waals surface area contributed by atoms with Gasteiger partial charge in [-0.25, -0.2) is 4.79 Å². The SMILES string of the molecule is NC(=O)C1(c2ccccc2N)NC2=C(CN(C(=O)Nc3ccc(-c4ccccc4)cc3)CC2)S1. The van der Waals surface area contributed by atoms with Crippen LogP contribution in [0.4, 0.5) is 16.2 Å². The quantitative estimate of drug-likeness (QED) is 0.429. The fourth-order valence-electron chi connectivity index (χ4n) is 4.32. The maximum Gasteiger partial charge on any atom is 0.322 e. The molecule has 0 spiro atoms. The molecule has 1 unspecified atom stereocenters. The predicted molar refractivity (Wildman–Crippen MR) is 137 cm³/mol. The third kappa shape index (κ3) is 3.97. The van der Waals surface area contributed by atoms with Gasteiger partial charge in [-0.15, -0.1) is 0 Å². The van der Waals surface area contributed by atoms with Crippen LogP contribution >= 0.6 is 11.8 Å². The van der Waals surface area contributed by atoms with Crippen LogP contribution < -0.4 is 22.1 Å². The number of benzene rings is 3. The highest BCUT2D eigenvalue weighted by atomic mass is 32.2. The van der Waals surface area contributed by atoms with E-state index >= 15 is 0 Å². The Bertz CT molecular complexity index is 1280. The number of nitrogens with zero attached hydrogens (tertiary/aromatic N) is 1. The number of thioether (sulfide) groups is 1. The Morgan fingerprint density at radius 2 is 1.62 bits per heavy atom. The highest BCUT2D eigenvalue weighted by molar-refractivity contribution is 8.05. The van der Waals surface area contributed by atoms with Gasteiger partial charge in [0.2, 0.25) is 0 Å². The molecule has 7 nitrogen and oxygen atoms in total. The number of nitrogen functional groups attached to an aromatic ring is 1. The van der Waals surface area contributed by atoms with Crippen molar-refractivity contribution in [3.05, 3.63) is 95.0 Å². The highest BCUT2D eigenvalue weighted by Gasteiger charge is 2.48. The van der Waals surface area contributed by atoms with E-state index in [-0.39, 0.29) is 6.03 Å². The lowest BCUT2D eigenvalue weighted by Gasteiger charge is -2.28. The first-order valence-corrected chi connectivity index (χ1v) is 11.8. The zero-order chi connectivity index (χ0) is 23.7. The number of rotatable bonds is 4. The van der Waals surface area contributed by atoms with Crippen LogP contribution in [0, 0.1) is 0 Å². The molecule has 0 saturated heterocycles. The first-order valence-electron chi connectivity index (χ1n) is 11.0. The van der Waals surface area contributed by atoms with Crippen LogP contribution in [0.5, 0.6) is 0 Å². The minimum absolute atomic E-state index is 0.185. The van der Waals surface area contributed by atoms with Gasteiger partial charge in [0.25, 0.3) is 5.91 Å². The molecule has 0 bridgehead atoms. The summed E-state index contributed by atoms with van der Waals surface area (Å²) in [5, 5.41) is 6.30. The summed E-state index contributed by atoms with van der Waals surface area (Å²) in [6.07, 6.45) is 0.602. The first kappa shape index (κ1) is 21.9. The van der Waals surface area contributed by atoms with Crippen molar-refractivity contribution in [3.8, 4) is 11.1 Å². The van der Waals surface area contributed by atoms with Crippen LogP contribution in [-0.2, 0) is 9.67 Å². The zero-order valence-electron chi connectivity index (χ0n) is 18.5. The van der Waals surface area contributed by atoms with Gasteiger partial charge < -0.3 is 27.0 Å². The molecule has 3 amide bonds. The summed E-state index contributed by atoms with van der Waals surface area (Å²) in [6, 6.07) is 24.9. The van der Waals surface area contributed by atoms with E-state index < -0.39 is 10.8 Å². The molecule has 34 heavy (non-hydrogen) atoms. The summed E-state index contributed by atoms with van der Waals surface area (Å²) in [7, 11) is 0. The molecule has 3 aromatic rings. The number of carbonyl (C=O) groups excluding carboxylic acids is 2. The minimum Gasteiger partial charge on any atom is -0.398 e. The number of hydrogen-bond acceptors (Lipinski definition) is 5. The number of hydrogen-bond donors (Lipinski definition) is 4. The van der Waals surface area contributed by atoms with Gasteiger partial charge in [-0.05, 0) is 29.3 Å². The van der Waals surface area contributed by atoms with Crippen molar-refractivity contribution >= 4 is 35.1 Å². The van der Waals surface area contributed by atoms with Gasteiger partial charge in [0.1, 0.15) is 0 Å². The number of para-hydroxylation sites is 1. The number of nitrogens with one attached hydrogen (secondary N) is 2. The lowest BCUT2D eigenvalue weighted by Crippen LogP contribution is -2.47. The second-order valence-corrected chi connectivity index (χ2v) is 9.62. The average Bonchev–Trinajstić information content (AvgIpc) is 3.25. The molecule has 5 rings (SSSR count). The summed E-state index contributed by atoms with van der Waals surface area (Å²) >= 11 is 1.34. The van der Waals surface area contributed by atoms with E-state index in [2.05, 4.69) is 22.8 Å². The number of amides is 3. The van der Waals surface area contributed by atoms with Gasteiger partial charge in [-0.2, -0.15) is 0 Å². The van der Waals surface area contributed by atoms with Crippen molar-refractivity contribution in [1.29, 1.82) is 0 Å². The van der Waals surface area contributed by atoms with Crippen molar-refractivity contribution < 1.29 is 9.59 Å². The topological polar surface area (TPSA) is 113 Å². The summed E-state index contributed by atoms with van der Waals surface area (Å²) < 4.78 is 0. The van der Waals surface area contributed by atoms with Crippen molar-refractivity contribution in [2.45, 2.75) is 11.3 Å². The van der Waals surface area contributed by atoms with Crippen LogP contribution in [0.1, 0.15) is 12.0 Å². The number of anilines is 2. The Hall–Kier alpha value is -3.91. The van der Waals surface area contributed by atoms with Crippen LogP contribution in [0.25, 0.3) is 11.1 Å². The third-order valence-corrected chi connectivity index (χ3v) is 7.57. The molecule has 8 heteroatoms. The number of nitrogens with two attached hydrogens (primary N) is 2. The molecule has 0 aromatic heterocycles. The molecule has 6 N–H and O–H groups in total. The maximum absolute atomic E-state index is 13.0. The minimum atomic E-state index is -1.17. The second kappa shape index (κ2) is 8.79. The fraction of sp³-hybridized carbons (Fsp3) is 0.154. The summed E-state index contributed by atoms with van der Waals surface area (Å²) in [5.41, 5.74) is 17.0. The third-order valence-electron chi connectivity index (χ3n) is 6.12. The van der Waals surface area contributed by atoms with Crippen molar-refractivity contribution in [2.24, 2.45) is 5.73 Å². The van der Waals surface area contributed by atoms with Gasteiger partial charge in [0.05, 0.1) is 6.54 Å². The van der Waals surface area contributed by atoms with Gasteiger partial charge in [-0.1, -0.05) is 72.4 Å². The van der Waals surface area contributed by atoms with E-state index in [0.717, 1.165) is 27.4 Å². The predicted octanol–water partition coefficient (Wildman–Crippen LogP) is 4.06. The monoisotopic (exact) mass is 471 g/mol. The lowest BCUT2D eigenvalue weighted by molar-refractivity contribution is -0.121. The van der Waals surface area contributed by atoms with E-state index in [4.69, 9.17) is 11.5 Å². The van der Waals surface area contributed by atoms with E-state index in [9.17, 15) is 9.59 Å². The normalized spacial score (nSPS) is 19.4. The zero-order valence-corrected chi connectivity index (χ0v) is 19.3. The van der Waals surface area contributed by atoms with Crippen molar-refractivity contribution in [2.75, 3.05) is 24.1 Å². The molecule has 2 aliphatic heterocycles.